The molecule has 1 saturated carbocycles. The molecule has 32 heavy (non-hydrogen) atoms. The molecule has 0 saturated heterocycles. The second-order valence-electron chi connectivity index (χ2n) is 10.8. The van der Waals surface area contributed by atoms with E-state index in [1.807, 2.05) is 51.1 Å². The lowest BCUT2D eigenvalue weighted by Crippen LogP contribution is -2.53. The summed E-state index contributed by atoms with van der Waals surface area (Å²) in [4.78, 5) is 25.1. The first-order valence-corrected chi connectivity index (χ1v) is 11.6. The first-order valence-electron chi connectivity index (χ1n) is 11.6. The van der Waals surface area contributed by atoms with Gasteiger partial charge in [-0.1, -0.05) is 36.8 Å². The Kier molecular flexibility index (Phi) is 9.10. The molecule has 2 amide bonds. The number of ether oxygens (including phenoxy) is 1. The molecule has 4 N–H and O–H groups in total. The van der Waals surface area contributed by atoms with Crippen LogP contribution in [-0.4, -0.2) is 53.0 Å². The van der Waals surface area contributed by atoms with Crippen LogP contribution in [0.1, 0.15) is 66.4 Å². The van der Waals surface area contributed by atoms with Crippen LogP contribution >= 0.6 is 0 Å². The van der Waals surface area contributed by atoms with E-state index in [0.717, 1.165) is 24.8 Å². The number of rotatable bonds is 8. The average molecular weight is 448 g/mol. The van der Waals surface area contributed by atoms with E-state index < -0.39 is 23.8 Å². The lowest BCUT2D eigenvalue weighted by molar-refractivity contribution is -0.126. The van der Waals surface area contributed by atoms with E-state index in [1.54, 1.807) is 20.8 Å². The van der Waals surface area contributed by atoms with Crippen LogP contribution < -0.4 is 16.0 Å². The average Bonchev–Trinajstić information content (AvgIpc) is 3.12. The van der Waals surface area contributed by atoms with Crippen molar-refractivity contribution in [2.45, 2.75) is 96.6 Å². The van der Waals surface area contributed by atoms with Crippen molar-refractivity contribution in [1.82, 2.24) is 16.0 Å². The highest BCUT2D eigenvalue weighted by molar-refractivity contribution is 5.80. The van der Waals surface area contributed by atoms with Gasteiger partial charge in [0.2, 0.25) is 5.91 Å². The van der Waals surface area contributed by atoms with Gasteiger partial charge in [-0.05, 0) is 66.4 Å². The molecule has 1 aliphatic carbocycles. The maximum Gasteiger partial charge on any atom is 0.407 e. The zero-order chi connectivity index (χ0) is 23.9. The van der Waals surface area contributed by atoms with Crippen LogP contribution in [0.2, 0.25) is 0 Å². The molecule has 180 valence electrons. The second-order valence-corrected chi connectivity index (χ2v) is 10.8. The van der Waals surface area contributed by atoms with E-state index >= 15 is 0 Å². The van der Waals surface area contributed by atoms with Crippen LogP contribution in [0, 0.1) is 5.92 Å². The molecule has 0 radical (unpaired) electrons. The fourth-order valence-electron chi connectivity index (χ4n) is 4.01. The summed E-state index contributed by atoms with van der Waals surface area (Å²) in [6, 6.07) is 9.21. The third-order valence-corrected chi connectivity index (χ3v) is 5.41. The number of nitrogens with one attached hydrogen (secondary N) is 3. The molecule has 0 aliphatic heterocycles. The van der Waals surface area contributed by atoms with Crippen LogP contribution in [0.3, 0.4) is 0 Å². The van der Waals surface area contributed by atoms with Gasteiger partial charge in [0.05, 0.1) is 18.1 Å². The number of alkyl carbamates (subject to hydrolysis) is 1. The molecule has 0 spiro atoms. The zero-order valence-corrected chi connectivity index (χ0v) is 20.4. The minimum atomic E-state index is -0.838. The van der Waals surface area contributed by atoms with Crippen molar-refractivity contribution in [3.8, 4) is 0 Å². The molecule has 7 nitrogen and oxygen atoms in total. The first kappa shape index (κ1) is 26.1. The summed E-state index contributed by atoms with van der Waals surface area (Å²) in [6.07, 6.45) is 1.77. The van der Waals surface area contributed by atoms with E-state index in [4.69, 9.17) is 4.74 Å². The Morgan fingerprint density at radius 3 is 2.34 bits per heavy atom. The molecule has 2 rings (SSSR count). The minimum absolute atomic E-state index is 0.00546. The molecule has 1 aromatic carbocycles. The van der Waals surface area contributed by atoms with Crippen LogP contribution in [0.5, 0.6) is 0 Å². The second kappa shape index (κ2) is 11.1. The van der Waals surface area contributed by atoms with Crippen molar-refractivity contribution >= 4 is 12.0 Å². The minimum Gasteiger partial charge on any atom is -0.444 e. The van der Waals surface area contributed by atoms with Crippen LogP contribution in [0.15, 0.2) is 30.3 Å². The van der Waals surface area contributed by atoms with Crippen molar-refractivity contribution in [2.75, 3.05) is 6.54 Å². The summed E-state index contributed by atoms with van der Waals surface area (Å²) in [5.74, 6) is -0.0671. The molecular weight excluding hydrogens is 406 g/mol. The van der Waals surface area contributed by atoms with Crippen LogP contribution in [0.4, 0.5) is 4.79 Å². The summed E-state index contributed by atoms with van der Waals surface area (Å²) >= 11 is 0. The maximum atomic E-state index is 12.7. The van der Waals surface area contributed by atoms with Gasteiger partial charge in [-0.3, -0.25) is 4.79 Å². The Labute approximate surface area is 192 Å². The van der Waals surface area contributed by atoms with E-state index in [-0.39, 0.29) is 30.0 Å². The molecule has 4 atom stereocenters. The van der Waals surface area contributed by atoms with Gasteiger partial charge in [0.1, 0.15) is 5.60 Å². The summed E-state index contributed by atoms with van der Waals surface area (Å²) in [5.41, 5.74) is 0.111. The molecule has 0 bridgehead atoms. The Balaban J connectivity index is 2.01. The Morgan fingerprint density at radius 1 is 1.09 bits per heavy atom. The van der Waals surface area contributed by atoms with Crippen LogP contribution in [-0.2, 0) is 16.0 Å². The summed E-state index contributed by atoms with van der Waals surface area (Å²) in [6.45, 7) is 11.6. The van der Waals surface area contributed by atoms with E-state index in [1.165, 1.54) is 0 Å². The highest BCUT2D eigenvalue weighted by Gasteiger charge is 2.35. The fraction of sp³-hybridized carbons (Fsp3) is 0.680. The van der Waals surface area contributed by atoms with E-state index in [0.29, 0.717) is 6.42 Å². The number of carbonyl (C=O) groups is 2. The lowest BCUT2D eigenvalue weighted by Gasteiger charge is -2.29. The lowest BCUT2D eigenvalue weighted by atomic mass is 9.98. The van der Waals surface area contributed by atoms with Gasteiger partial charge in [-0.15, -0.1) is 0 Å². The topological polar surface area (TPSA) is 99.7 Å². The zero-order valence-electron chi connectivity index (χ0n) is 20.4. The summed E-state index contributed by atoms with van der Waals surface area (Å²) in [7, 11) is 0. The van der Waals surface area contributed by atoms with Crippen molar-refractivity contribution < 1.29 is 19.4 Å². The predicted octanol–water partition coefficient (Wildman–Crippen LogP) is 3.16. The smallest absolute Gasteiger partial charge is 0.407 e. The van der Waals surface area contributed by atoms with Gasteiger partial charge in [0, 0.05) is 18.1 Å². The Bertz CT molecular complexity index is 740. The van der Waals surface area contributed by atoms with E-state index in [9.17, 15) is 14.7 Å². The standard InChI is InChI=1S/C25H41N3O4/c1-24(2,3)28-22(30)18-13-10-14-19(18)26-16-21(29)20(15-17-11-8-7-9-12-17)27-23(31)32-25(4,5)6/h7-9,11-12,18-21,26,29H,10,13-16H2,1-6H3,(H,27,31)(H,28,30)/t18-,19-,20-,21-/m0/s1. The molecule has 0 unspecified atom stereocenters. The molecular formula is C25H41N3O4. The van der Waals surface area contributed by atoms with E-state index in [2.05, 4.69) is 16.0 Å². The molecule has 1 aromatic rings. The van der Waals surface area contributed by atoms with Crippen molar-refractivity contribution in [3.63, 3.8) is 0 Å². The Morgan fingerprint density at radius 2 is 1.75 bits per heavy atom. The van der Waals surface area contributed by atoms with Crippen molar-refractivity contribution in [3.05, 3.63) is 35.9 Å². The SMILES string of the molecule is CC(C)(C)NC(=O)[C@H]1CCC[C@@H]1NC[C@H](O)[C@H](Cc1ccccc1)NC(=O)OC(C)(C)C. The van der Waals surface area contributed by atoms with Crippen molar-refractivity contribution in [1.29, 1.82) is 0 Å². The number of aliphatic hydroxyl groups is 1. The summed E-state index contributed by atoms with van der Waals surface area (Å²) in [5, 5.41) is 20.2. The third-order valence-electron chi connectivity index (χ3n) is 5.41. The van der Waals surface area contributed by atoms with Crippen molar-refractivity contribution in [2.24, 2.45) is 5.92 Å². The molecule has 0 heterocycles. The van der Waals surface area contributed by atoms with Gasteiger partial charge in [-0.2, -0.15) is 0 Å². The highest BCUT2D eigenvalue weighted by atomic mass is 16.6. The normalized spacial score (nSPS) is 21.0. The number of amides is 2. The maximum absolute atomic E-state index is 12.7. The van der Waals surface area contributed by atoms with Gasteiger partial charge in [-0.25, -0.2) is 4.79 Å². The van der Waals surface area contributed by atoms with Gasteiger partial charge in [0.15, 0.2) is 0 Å². The number of benzene rings is 1. The number of aliphatic hydroxyl groups excluding tert-OH is 1. The Hall–Kier alpha value is -2.12. The monoisotopic (exact) mass is 447 g/mol. The molecule has 1 fully saturated rings. The number of hydrogen-bond acceptors (Lipinski definition) is 5. The molecule has 0 aromatic heterocycles. The van der Waals surface area contributed by atoms with Gasteiger partial charge >= 0.3 is 6.09 Å². The molecule has 7 heteroatoms. The fourth-order valence-corrected chi connectivity index (χ4v) is 4.01. The van der Waals surface area contributed by atoms with Gasteiger partial charge < -0.3 is 25.8 Å². The quantitative estimate of drug-likeness (QED) is 0.491. The van der Waals surface area contributed by atoms with Gasteiger partial charge in [0.25, 0.3) is 0 Å². The predicted molar refractivity (Wildman–Crippen MR) is 126 cm³/mol. The first-order chi connectivity index (χ1) is 14.8. The largest absolute Gasteiger partial charge is 0.444 e. The number of hydrogen-bond donors (Lipinski definition) is 4. The number of carbonyl (C=O) groups excluding carboxylic acids is 2. The molecule has 1 aliphatic rings. The third kappa shape index (κ3) is 9.17. The highest BCUT2D eigenvalue weighted by Crippen LogP contribution is 2.26. The van der Waals surface area contributed by atoms with Crippen LogP contribution in [0.25, 0.3) is 0 Å². The summed E-state index contributed by atoms with van der Waals surface area (Å²) < 4.78 is 5.39.